The van der Waals surface area contributed by atoms with E-state index in [0.29, 0.717) is 0 Å². The first-order chi connectivity index (χ1) is 24.9. The number of para-hydroxylation sites is 3. The van der Waals surface area contributed by atoms with E-state index in [2.05, 4.69) is 191 Å². The van der Waals surface area contributed by atoms with Gasteiger partial charge in [0.1, 0.15) is 0 Å². The molecule has 2 heteroatoms. The van der Waals surface area contributed by atoms with E-state index in [9.17, 15) is 0 Å². The van der Waals surface area contributed by atoms with Crippen LogP contribution in [0.2, 0.25) is 0 Å². The zero-order valence-electron chi connectivity index (χ0n) is 27.2. The van der Waals surface area contributed by atoms with Crippen molar-refractivity contribution in [2.75, 3.05) is 0 Å². The van der Waals surface area contributed by atoms with Crippen molar-refractivity contribution in [3.63, 3.8) is 0 Å². The molecule has 11 rings (SSSR count). The second kappa shape index (κ2) is 10.4. The van der Waals surface area contributed by atoms with Gasteiger partial charge >= 0.3 is 0 Å². The third-order valence-corrected chi connectivity index (χ3v) is 10.6. The average Bonchev–Trinajstić information content (AvgIpc) is 3.73. The smallest absolute Gasteiger partial charge is 0.0626 e. The van der Waals surface area contributed by atoms with Gasteiger partial charge in [-0.25, -0.2) is 0 Å². The lowest BCUT2D eigenvalue weighted by molar-refractivity contribution is 1.19. The van der Waals surface area contributed by atoms with Crippen LogP contribution in [0.3, 0.4) is 0 Å². The fraction of sp³-hybridized carbons (Fsp3) is 0. The molecule has 0 saturated carbocycles. The van der Waals surface area contributed by atoms with Crippen LogP contribution in [-0.2, 0) is 0 Å². The van der Waals surface area contributed by atoms with Crippen molar-refractivity contribution in [3.8, 4) is 22.5 Å². The quantitative estimate of drug-likeness (QED) is 0.171. The van der Waals surface area contributed by atoms with E-state index in [0.717, 1.165) is 5.69 Å². The predicted octanol–water partition coefficient (Wildman–Crippen LogP) is 13.0. The Bertz CT molecular complexity index is 3110. The van der Waals surface area contributed by atoms with Gasteiger partial charge in [0.25, 0.3) is 0 Å². The van der Waals surface area contributed by atoms with Crippen LogP contribution in [0, 0.1) is 0 Å². The molecule has 0 saturated heterocycles. The maximum atomic E-state index is 2.50. The Morgan fingerprint density at radius 1 is 0.240 bits per heavy atom. The van der Waals surface area contributed by atoms with E-state index in [1.54, 1.807) is 0 Å². The first-order valence-corrected chi connectivity index (χ1v) is 17.3. The Morgan fingerprint density at radius 2 is 0.620 bits per heavy atom. The van der Waals surface area contributed by atoms with Crippen molar-refractivity contribution in [2.45, 2.75) is 0 Å². The number of aromatic nitrogens is 2. The maximum Gasteiger partial charge on any atom is 0.0626 e. The molecule has 232 valence electrons. The Kier molecular flexibility index (Phi) is 5.70. The maximum absolute atomic E-state index is 2.50. The lowest BCUT2D eigenvalue weighted by atomic mass is 9.89. The van der Waals surface area contributed by atoms with Gasteiger partial charge in [-0.15, -0.1) is 0 Å². The molecule has 0 fully saturated rings. The Labute approximate surface area is 288 Å². The van der Waals surface area contributed by atoms with Gasteiger partial charge in [-0.2, -0.15) is 0 Å². The largest absolute Gasteiger partial charge is 0.309 e. The van der Waals surface area contributed by atoms with Crippen LogP contribution in [0.1, 0.15) is 0 Å². The molecule has 2 heterocycles. The van der Waals surface area contributed by atoms with Gasteiger partial charge in [0.2, 0.25) is 0 Å². The van der Waals surface area contributed by atoms with Gasteiger partial charge in [-0.1, -0.05) is 146 Å². The zero-order chi connectivity index (χ0) is 32.8. The van der Waals surface area contributed by atoms with Gasteiger partial charge in [0.15, 0.2) is 0 Å². The average molecular weight is 635 g/mol. The van der Waals surface area contributed by atoms with Crippen LogP contribution < -0.4 is 0 Å². The van der Waals surface area contributed by atoms with Crippen LogP contribution in [0.15, 0.2) is 182 Å². The molecule has 2 nitrogen and oxygen atoms in total. The highest BCUT2D eigenvalue weighted by atomic mass is 15.0. The molecule has 0 aliphatic rings. The van der Waals surface area contributed by atoms with Crippen LogP contribution in [0.4, 0.5) is 0 Å². The minimum atomic E-state index is 1.16. The molecular weight excluding hydrogens is 605 g/mol. The number of hydrogen-bond donors (Lipinski definition) is 0. The van der Waals surface area contributed by atoms with E-state index >= 15 is 0 Å². The van der Waals surface area contributed by atoms with Crippen molar-refractivity contribution >= 4 is 75.9 Å². The normalized spacial score (nSPS) is 12.0. The molecule has 0 N–H and O–H groups in total. The van der Waals surface area contributed by atoms with E-state index < -0.39 is 0 Å². The second-order valence-corrected chi connectivity index (χ2v) is 13.2. The van der Waals surface area contributed by atoms with Gasteiger partial charge < -0.3 is 9.13 Å². The minimum absolute atomic E-state index is 1.16. The lowest BCUT2D eigenvalue weighted by Gasteiger charge is -2.16. The highest BCUT2D eigenvalue weighted by molar-refractivity contribution is 6.45. The third-order valence-electron chi connectivity index (χ3n) is 10.6. The van der Waals surface area contributed by atoms with E-state index in [-0.39, 0.29) is 0 Å². The predicted molar refractivity (Wildman–Crippen MR) is 213 cm³/mol. The fourth-order valence-electron chi connectivity index (χ4n) is 8.65. The Balaban J connectivity index is 1.41. The molecular formula is C48H30N2. The molecule has 2 aromatic heterocycles. The minimum Gasteiger partial charge on any atom is -0.309 e. The summed E-state index contributed by atoms with van der Waals surface area (Å²) < 4.78 is 4.98. The van der Waals surface area contributed by atoms with Crippen LogP contribution >= 0.6 is 0 Å². The summed E-state index contributed by atoms with van der Waals surface area (Å²) in [5, 5.41) is 12.8. The summed E-state index contributed by atoms with van der Waals surface area (Å²) in [5.41, 5.74) is 9.68. The monoisotopic (exact) mass is 634 g/mol. The van der Waals surface area contributed by atoms with Gasteiger partial charge in [0, 0.05) is 49.1 Å². The summed E-state index contributed by atoms with van der Waals surface area (Å²) >= 11 is 0. The van der Waals surface area contributed by atoms with Crippen LogP contribution in [0.5, 0.6) is 0 Å². The second-order valence-electron chi connectivity index (χ2n) is 13.2. The van der Waals surface area contributed by atoms with Crippen molar-refractivity contribution in [3.05, 3.63) is 182 Å². The molecule has 9 aromatic carbocycles. The summed E-state index contributed by atoms with van der Waals surface area (Å²) in [5.74, 6) is 0. The number of benzene rings is 9. The first-order valence-electron chi connectivity index (χ1n) is 17.3. The topological polar surface area (TPSA) is 9.86 Å². The Morgan fingerprint density at radius 3 is 1.14 bits per heavy atom. The molecule has 50 heavy (non-hydrogen) atoms. The zero-order valence-corrected chi connectivity index (χ0v) is 27.2. The fourth-order valence-corrected chi connectivity index (χ4v) is 8.65. The van der Waals surface area contributed by atoms with Gasteiger partial charge in [0.05, 0.1) is 22.1 Å². The molecule has 0 atom stereocenters. The first kappa shape index (κ1) is 27.3. The highest BCUT2D eigenvalue weighted by Gasteiger charge is 2.25. The van der Waals surface area contributed by atoms with Gasteiger partial charge in [-0.3, -0.25) is 0 Å². The molecule has 11 aromatic rings. The highest BCUT2D eigenvalue weighted by Crippen LogP contribution is 2.50. The number of hydrogen-bond acceptors (Lipinski definition) is 0. The van der Waals surface area contributed by atoms with E-state index in [1.165, 1.54) is 92.7 Å². The SMILES string of the molecule is c1ccc(-c2ccc(-n3c4ccccc4c4c5c(c6ccccc6c6c5c5ccccc5n6-c5ccccc5)c5ccccc5c43)cc2)cc1. The summed E-state index contributed by atoms with van der Waals surface area (Å²) in [4.78, 5) is 0. The lowest BCUT2D eigenvalue weighted by Crippen LogP contribution is -1.96. The molecule has 0 radical (unpaired) electrons. The summed E-state index contributed by atoms with van der Waals surface area (Å²) in [6, 6.07) is 66.5. The molecule has 0 unspecified atom stereocenters. The molecule has 0 aliphatic carbocycles. The summed E-state index contributed by atoms with van der Waals surface area (Å²) in [6.45, 7) is 0. The molecule has 0 aliphatic heterocycles. The molecule has 0 spiro atoms. The summed E-state index contributed by atoms with van der Waals surface area (Å²) in [6.07, 6.45) is 0. The van der Waals surface area contributed by atoms with Gasteiger partial charge in [-0.05, 0) is 63.7 Å². The van der Waals surface area contributed by atoms with Crippen molar-refractivity contribution in [1.29, 1.82) is 0 Å². The molecule has 0 bridgehead atoms. The third kappa shape index (κ3) is 3.68. The number of nitrogens with zero attached hydrogens (tertiary/aromatic N) is 2. The van der Waals surface area contributed by atoms with Crippen LogP contribution in [0.25, 0.3) is 98.4 Å². The standard InChI is InChI=1S/C48H30N2/c1-3-15-31(16-4-1)32-27-29-34(30-28-32)50-42-26-14-12-24-40(42)45-46-43(36-20-8-10-22-38(36)48(45)50)35-19-7-9-21-37(35)47-44(46)39-23-11-13-25-41(39)49(47)33-17-5-2-6-18-33/h1-30H. The summed E-state index contributed by atoms with van der Waals surface area (Å²) in [7, 11) is 0. The number of fused-ring (bicyclic) bond motifs is 15. The van der Waals surface area contributed by atoms with E-state index in [4.69, 9.17) is 0 Å². The molecule has 0 amide bonds. The van der Waals surface area contributed by atoms with E-state index in [1.807, 2.05) is 0 Å². The van der Waals surface area contributed by atoms with Crippen molar-refractivity contribution in [1.82, 2.24) is 9.13 Å². The number of rotatable bonds is 3. The van der Waals surface area contributed by atoms with Crippen molar-refractivity contribution in [2.24, 2.45) is 0 Å². The Hall–Kier alpha value is -6.64. The van der Waals surface area contributed by atoms with Crippen molar-refractivity contribution < 1.29 is 0 Å². The van der Waals surface area contributed by atoms with Crippen LogP contribution in [-0.4, -0.2) is 9.13 Å².